The molecule has 4 nitrogen and oxygen atoms in total. The normalized spacial score (nSPS) is 15.4. The maximum atomic E-state index is 12.7. The van der Waals surface area contributed by atoms with Crippen LogP contribution in [0.15, 0.2) is 18.2 Å². The van der Waals surface area contributed by atoms with E-state index < -0.39 is 0 Å². The predicted molar refractivity (Wildman–Crippen MR) is 90.0 cm³/mol. The first-order valence-corrected chi connectivity index (χ1v) is 8.47. The maximum absolute atomic E-state index is 12.7. The molecule has 1 saturated heterocycles. The van der Waals surface area contributed by atoms with E-state index in [1.54, 1.807) is 22.8 Å². The van der Waals surface area contributed by atoms with Gasteiger partial charge in [0.25, 0.3) is 5.91 Å². The number of benzene rings is 1. The van der Waals surface area contributed by atoms with Gasteiger partial charge in [-0.2, -0.15) is 0 Å². The lowest BCUT2D eigenvalue weighted by Crippen LogP contribution is -2.49. The molecular weight excluding hydrogens is 343 g/mol. The fourth-order valence-electron chi connectivity index (χ4n) is 2.54. The molecule has 2 amide bonds. The van der Waals surface area contributed by atoms with Crippen molar-refractivity contribution in [2.75, 3.05) is 26.2 Å². The molecule has 3 rings (SSSR count). The zero-order chi connectivity index (χ0) is 15.9. The Balaban J connectivity index is 1.84. The summed E-state index contributed by atoms with van der Waals surface area (Å²) < 4.78 is 0.906. The van der Waals surface area contributed by atoms with Crippen molar-refractivity contribution in [3.8, 4) is 0 Å². The molecule has 0 spiro atoms. The molecule has 0 aliphatic carbocycles. The molecule has 116 valence electrons. The van der Waals surface area contributed by atoms with Gasteiger partial charge in [0.1, 0.15) is 4.88 Å². The van der Waals surface area contributed by atoms with Crippen LogP contribution in [0, 0.1) is 0 Å². The Morgan fingerprint density at radius 1 is 1.09 bits per heavy atom. The van der Waals surface area contributed by atoms with E-state index in [2.05, 4.69) is 0 Å². The monoisotopic (exact) mass is 356 g/mol. The highest BCUT2D eigenvalue weighted by atomic mass is 35.5. The third-order valence-electron chi connectivity index (χ3n) is 3.80. The molecule has 22 heavy (non-hydrogen) atoms. The number of fused-ring (bicyclic) bond motifs is 1. The van der Waals surface area contributed by atoms with Crippen LogP contribution in [0.3, 0.4) is 0 Å². The van der Waals surface area contributed by atoms with Crippen molar-refractivity contribution >= 4 is 56.4 Å². The Kier molecular flexibility index (Phi) is 4.30. The molecule has 0 bridgehead atoms. The Hall–Kier alpha value is -1.30. The maximum Gasteiger partial charge on any atom is 0.265 e. The zero-order valence-corrected chi connectivity index (χ0v) is 14.3. The Morgan fingerprint density at radius 2 is 1.73 bits per heavy atom. The lowest BCUT2D eigenvalue weighted by Gasteiger charge is -2.34. The summed E-state index contributed by atoms with van der Waals surface area (Å²) in [5, 5.41) is 1.96. The van der Waals surface area contributed by atoms with Gasteiger partial charge in [0.2, 0.25) is 5.91 Å². The summed E-state index contributed by atoms with van der Waals surface area (Å²) in [6, 6.07) is 5.42. The highest BCUT2D eigenvalue weighted by molar-refractivity contribution is 7.21. The summed E-state index contributed by atoms with van der Waals surface area (Å²) >= 11 is 13.7. The largest absolute Gasteiger partial charge is 0.339 e. The molecule has 2 heterocycles. The van der Waals surface area contributed by atoms with Gasteiger partial charge in [0.05, 0.1) is 5.02 Å². The number of hydrogen-bond donors (Lipinski definition) is 0. The third kappa shape index (κ3) is 2.81. The van der Waals surface area contributed by atoms with E-state index in [1.807, 2.05) is 12.1 Å². The van der Waals surface area contributed by atoms with Crippen molar-refractivity contribution in [1.82, 2.24) is 9.80 Å². The fourth-order valence-corrected chi connectivity index (χ4v) is 4.30. The average molecular weight is 357 g/mol. The topological polar surface area (TPSA) is 40.6 Å². The third-order valence-corrected chi connectivity index (χ3v) is 5.68. The molecule has 1 aromatic carbocycles. The number of hydrogen-bond acceptors (Lipinski definition) is 3. The first kappa shape index (κ1) is 15.6. The van der Waals surface area contributed by atoms with E-state index in [4.69, 9.17) is 23.2 Å². The number of carbonyl (C=O) groups excluding carboxylic acids is 2. The van der Waals surface area contributed by atoms with Gasteiger partial charge in [-0.1, -0.05) is 29.3 Å². The minimum absolute atomic E-state index is 0.0432. The van der Waals surface area contributed by atoms with Crippen molar-refractivity contribution in [1.29, 1.82) is 0 Å². The van der Waals surface area contributed by atoms with Crippen LogP contribution in [-0.2, 0) is 4.79 Å². The van der Waals surface area contributed by atoms with E-state index >= 15 is 0 Å². The van der Waals surface area contributed by atoms with Gasteiger partial charge in [0, 0.05) is 48.2 Å². The fraction of sp³-hybridized carbons (Fsp3) is 0.333. The second kappa shape index (κ2) is 6.07. The number of thiophene rings is 1. The van der Waals surface area contributed by atoms with Gasteiger partial charge in [-0.3, -0.25) is 9.59 Å². The van der Waals surface area contributed by atoms with Crippen LogP contribution in [0.5, 0.6) is 0 Å². The molecule has 7 heteroatoms. The van der Waals surface area contributed by atoms with E-state index in [9.17, 15) is 9.59 Å². The van der Waals surface area contributed by atoms with Crippen molar-refractivity contribution in [3.63, 3.8) is 0 Å². The summed E-state index contributed by atoms with van der Waals surface area (Å²) in [6.07, 6.45) is 0. The standard InChI is InChI=1S/C15H14Cl2N2O2S/c1-9(20)18-4-6-19(7-5-18)15(21)14-13(17)11-3-2-10(16)8-12(11)22-14/h2-3,8H,4-7H2,1H3. The molecule has 2 aromatic rings. The van der Waals surface area contributed by atoms with Gasteiger partial charge in [-0.15, -0.1) is 11.3 Å². The number of halogens is 2. The van der Waals surface area contributed by atoms with Crippen molar-refractivity contribution in [2.24, 2.45) is 0 Å². The average Bonchev–Trinajstić information content (AvgIpc) is 2.83. The molecule has 1 fully saturated rings. The van der Waals surface area contributed by atoms with Gasteiger partial charge in [0.15, 0.2) is 0 Å². The van der Waals surface area contributed by atoms with Crippen molar-refractivity contribution in [3.05, 3.63) is 33.1 Å². The van der Waals surface area contributed by atoms with E-state index in [1.165, 1.54) is 11.3 Å². The molecular formula is C15H14Cl2N2O2S. The first-order chi connectivity index (χ1) is 10.5. The lowest BCUT2D eigenvalue weighted by molar-refractivity contribution is -0.130. The summed E-state index contributed by atoms with van der Waals surface area (Å²) in [5.74, 6) is -0.0350. The first-order valence-electron chi connectivity index (χ1n) is 6.89. The summed E-state index contributed by atoms with van der Waals surface area (Å²) in [5.41, 5.74) is 0. The number of amides is 2. The highest BCUT2D eigenvalue weighted by Crippen LogP contribution is 2.37. The second-order valence-electron chi connectivity index (χ2n) is 5.18. The molecule has 0 unspecified atom stereocenters. The summed E-state index contributed by atoms with van der Waals surface area (Å²) in [6.45, 7) is 3.74. The Morgan fingerprint density at radius 3 is 2.36 bits per heavy atom. The van der Waals surface area contributed by atoms with Crippen molar-refractivity contribution < 1.29 is 9.59 Å². The molecule has 0 saturated carbocycles. The van der Waals surface area contributed by atoms with Crippen LogP contribution in [0.1, 0.15) is 16.6 Å². The van der Waals surface area contributed by atoms with E-state index in [-0.39, 0.29) is 11.8 Å². The van der Waals surface area contributed by atoms with Gasteiger partial charge in [-0.05, 0) is 12.1 Å². The van der Waals surface area contributed by atoms with Gasteiger partial charge >= 0.3 is 0 Å². The summed E-state index contributed by atoms with van der Waals surface area (Å²) in [7, 11) is 0. The minimum Gasteiger partial charge on any atom is -0.339 e. The lowest BCUT2D eigenvalue weighted by atomic mass is 10.2. The van der Waals surface area contributed by atoms with Gasteiger partial charge < -0.3 is 9.80 Å². The molecule has 0 N–H and O–H groups in total. The van der Waals surface area contributed by atoms with Gasteiger partial charge in [-0.25, -0.2) is 0 Å². The smallest absolute Gasteiger partial charge is 0.265 e. The second-order valence-corrected chi connectivity index (χ2v) is 7.05. The van der Waals surface area contributed by atoms with Crippen LogP contribution < -0.4 is 0 Å². The van der Waals surface area contributed by atoms with E-state index in [0.717, 1.165) is 10.1 Å². The highest BCUT2D eigenvalue weighted by Gasteiger charge is 2.26. The zero-order valence-electron chi connectivity index (χ0n) is 11.9. The van der Waals surface area contributed by atoms with Crippen LogP contribution in [0.4, 0.5) is 0 Å². The van der Waals surface area contributed by atoms with Crippen LogP contribution in [0.25, 0.3) is 10.1 Å². The predicted octanol–water partition coefficient (Wildman–Crippen LogP) is 3.51. The Labute approximate surface area is 142 Å². The van der Waals surface area contributed by atoms with Crippen LogP contribution >= 0.6 is 34.5 Å². The molecule has 1 aromatic heterocycles. The minimum atomic E-state index is -0.0782. The van der Waals surface area contributed by atoms with E-state index in [0.29, 0.717) is 41.1 Å². The number of nitrogens with zero attached hydrogens (tertiary/aromatic N) is 2. The van der Waals surface area contributed by atoms with Crippen molar-refractivity contribution in [2.45, 2.75) is 6.92 Å². The molecule has 1 aliphatic heterocycles. The van der Waals surface area contributed by atoms with Crippen LogP contribution in [0.2, 0.25) is 10.0 Å². The quantitative estimate of drug-likeness (QED) is 0.784. The van der Waals surface area contributed by atoms with Crippen LogP contribution in [-0.4, -0.2) is 47.8 Å². The number of piperazine rings is 1. The number of carbonyl (C=O) groups is 2. The molecule has 0 atom stereocenters. The summed E-state index contributed by atoms with van der Waals surface area (Å²) in [4.78, 5) is 28.0. The molecule has 1 aliphatic rings. The number of rotatable bonds is 1. The molecule has 0 radical (unpaired) electrons. The Bertz CT molecular complexity index is 751. The SMILES string of the molecule is CC(=O)N1CCN(C(=O)c2sc3cc(Cl)ccc3c2Cl)CC1.